The van der Waals surface area contributed by atoms with Gasteiger partial charge < -0.3 is 14.5 Å². The molecule has 152 valence electrons. The fraction of sp³-hybridized carbons (Fsp3) is 0.192. The number of rotatable bonds is 8. The Morgan fingerprint density at radius 1 is 0.933 bits per heavy atom. The van der Waals surface area contributed by atoms with Crippen molar-refractivity contribution in [3.63, 3.8) is 0 Å². The number of furan rings is 1. The number of nitrogens with one attached hydrogen (secondary N) is 1. The van der Waals surface area contributed by atoms with Crippen LogP contribution in [0.3, 0.4) is 0 Å². The molecule has 0 fully saturated rings. The molecule has 0 radical (unpaired) electrons. The SMILES string of the molecule is COc1ccc2oc(Cc3ccccc3)c(CCNC(=O)Cc3ccccc3)c2c1. The standard InChI is InChI=1S/C26H25NO3/c1-29-21-12-13-24-23(18-21)22(25(30-24)16-19-8-4-2-5-9-19)14-15-27-26(28)17-20-10-6-3-7-11-20/h2-13,18H,14-17H2,1H3,(H,27,28). The van der Waals surface area contributed by atoms with Gasteiger partial charge in [-0.2, -0.15) is 0 Å². The molecule has 0 spiro atoms. The maximum Gasteiger partial charge on any atom is 0.224 e. The van der Waals surface area contributed by atoms with Gasteiger partial charge in [0, 0.05) is 23.9 Å². The topological polar surface area (TPSA) is 51.5 Å². The van der Waals surface area contributed by atoms with E-state index in [0.29, 0.717) is 25.8 Å². The Labute approximate surface area is 176 Å². The van der Waals surface area contributed by atoms with Crippen molar-refractivity contribution < 1.29 is 13.9 Å². The second kappa shape index (κ2) is 9.31. The number of carbonyl (C=O) groups is 1. The summed E-state index contributed by atoms with van der Waals surface area (Å²) in [5, 5.41) is 4.08. The van der Waals surface area contributed by atoms with E-state index in [2.05, 4.69) is 17.4 Å². The number of hydrogen-bond acceptors (Lipinski definition) is 3. The normalized spacial score (nSPS) is 10.8. The van der Waals surface area contributed by atoms with Gasteiger partial charge in [0.2, 0.25) is 5.91 Å². The molecule has 30 heavy (non-hydrogen) atoms. The maximum absolute atomic E-state index is 12.3. The van der Waals surface area contributed by atoms with Crippen molar-refractivity contribution in [1.82, 2.24) is 5.32 Å². The molecule has 4 rings (SSSR count). The molecule has 0 saturated heterocycles. The van der Waals surface area contributed by atoms with E-state index >= 15 is 0 Å². The Kier molecular flexibility index (Phi) is 6.14. The van der Waals surface area contributed by atoms with E-state index in [0.717, 1.165) is 33.6 Å². The van der Waals surface area contributed by atoms with Crippen LogP contribution in [0.1, 0.15) is 22.5 Å². The smallest absolute Gasteiger partial charge is 0.224 e. The molecule has 1 heterocycles. The molecule has 4 aromatic rings. The van der Waals surface area contributed by atoms with Crippen molar-refractivity contribution in [1.29, 1.82) is 0 Å². The first-order valence-electron chi connectivity index (χ1n) is 10.2. The van der Waals surface area contributed by atoms with E-state index in [4.69, 9.17) is 9.15 Å². The first kappa shape index (κ1) is 19.8. The molecule has 0 aliphatic carbocycles. The summed E-state index contributed by atoms with van der Waals surface area (Å²) >= 11 is 0. The molecule has 1 amide bonds. The van der Waals surface area contributed by atoms with Crippen LogP contribution in [0.2, 0.25) is 0 Å². The molecule has 3 aromatic carbocycles. The third-order valence-electron chi connectivity index (χ3n) is 5.19. The molecule has 1 N–H and O–H groups in total. The zero-order valence-corrected chi connectivity index (χ0v) is 17.1. The zero-order valence-electron chi connectivity index (χ0n) is 17.1. The molecular formula is C26H25NO3. The number of methoxy groups -OCH3 is 1. The number of hydrogen-bond donors (Lipinski definition) is 1. The van der Waals surface area contributed by atoms with Gasteiger partial charge in [-0.1, -0.05) is 60.7 Å². The Bertz CT molecular complexity index is 1120. The van der Waals surface area contributed by atoms with Crippen LogP contribution in [0.15, 0.2) is 83.3 Å². The minimum atomic E-state index is 0.0243. The molecule has 0 bridgehead atoms. The van der Waals surface area contributed by atoms with Crippen LogP contribution in [0.5, 0.6) is 5.75 Å². The van der Waals surface area contributed by atoms with Gasteiger partial charge >= 0.3 is 0 Å². The minimum Gasteiger partial charge on any atom is -0.497 e. The number of fused-ring (bicyclic) bond motifs is 1. The lowest BCUT2D eigenvalue weighted by Crippen LogP contribution is -2.27. The van der Waals surface area contributed by atoms with Gasteiger partial charge in [-0.3, -0.25) is 4.79 Å². The van der Waals surface area contributed by atoms with Crippen LogP contribution in [0.25, 0.3) is 11.0 Å². The molecule has 4 nitrogen and oxygen atoms in total. The summed E-state index contributed by atoms with van der Waals surface area (Å²) in [6.45, 7) is 0.555. The monoisotopic (exact) mass is 399 g/mol. The predicted molar refractivity (Wildman–Crippen MR) is 119 cm³/mol. The molecule has 0 unspecified atom stereocenters. The maximum atomic E-state index is 12.3. The van der Waals surface area contributed by atoms with Crippen LogP contribution >= 0.6 is 0 Å². The number of benzene rings is 3. The van der Waals surface area contributed by atoms with Crippen LogP contribution in [0.4, 0.5) is 0 Å². The summed E-state index contributed by atoms with van der Waals surface area (Å²) in [5.74, 6) is 1.75. The fourth-order valence-electron chi connectivity index (χ4n) is 3.67. The largest absolute Gasteiger partial charge is 0.497 e. The highest BCUT2D eigenvalue weighted by Gasteiger charge is 2.16. The molecule has 0 aliphatic rings. The second-order valence-corrected chi connectivity index (χ2v) is 7.29. The van der Waals surface area contributed by atoms with E-state index in [1.54, 1.807) is 7.11 Å². The Balaban J connectivity index is 1.51. The summed E-state index contributed by atoms with van der Waals surface area (Å²) in [6.07, 6.45) is 1.80. The first-order chi connectivity index (χ1) is 14.7. The van der Waals surface area contributed by atoms with E-state index in [1.807, 2.05) is 66.7 Å². The quantitative estimate of drug-likeness (QED) is 0.457. The van der Waals surface area contributed by atoms with Gasteiger partial charge in [0.1, 0.15) is 17.1 Å². The van der Waals surface area contributed by atoms with E-state index in [9.17, 15) is 4.79 Å². The van der Waals surface area contributed by atoms with Gasteiger partial charge in [0.05, 0.1) is 13.5 Å². The van der Waals surface area contributed by atoms with Crippen molar-refractivity contribution in [2.45, 2.75) is 19.3 Å². The highest BCUT2D eigenvalue weighted by molar-refractivity contribution is 5.84. The zero-order chi connectivity index (χ0) is 20.8. The molecule has 0 atom stereocenters. The Morgan fingerprint density at radius 3 is 2.33 bits per heavy atom. The molecular weight excluding hydrogens is 374 g/mol. The summed E-state index contributed by atoms with van der Waals surface area (Å²) in [4.78, 5) is 12.3. The highest BCUT2D eigenvalue weighted by atomic mass is 16.5. The van der Waals surface area contributed by atoms with Crippen molar-refractivity contribution >= 4 is 16.9 Å². The first-order valence-corrected chi connectivity index (χ1v) is 10.2. The van der Waals surface area contributed by atoms with Gasteiger partial charge in [0.25, 0.3) is 0 Å². The third-order valence-corrected chi connectivity index (χ3v) is 5.19. The average molecular weight is 399 g/mol. The molecule has 0 saturated carbocycles. The number of amides is 1. The van der Waals surface area contributed by atoms with Gasteiger partial charge in [0.15, 0.2) is 0 Å². The average Bonchev–Trinajstić information content (AvgIpc) is 3.11. The van der Waals surface area contributed by atoms with E-state index in [-0.39, 0.29) is 5.91 Å². The van der Waals surface area contributed by atoms with Crippen molar-refractivity contribution in [2.75, 3.05) is 13.7 Å². The lowest BCUT2D eigenvalue weighted by Gasteiger charge is -2.07. The van der Waals surface area contributed by atoms with Crippen molar-refractivity contribution in [3.05, 3.63) is 101 Å². The van der Waals surface area contributed by atoms with Crippen LogP contribution in [0, 0.1) is 0 Å². The molecule has 4 heteroatoms. The summed E-state index contributed by atoms with van der Waals surface area (Å²) in [7, 11) is 1.66. The lowest BCUT2D eigenvalue weighted by molar-refractivity contribution is -0.120. The van der Waals surface area contributed by atoms with Crippen molar-refractivity contribution in [3.8, 4) is 5.75 Å². The molecule has 1 aromatic heterocycles. The molecule has 0 aliphatic heterocycles. The van der Waals surface area contributed by atoms with Gasteiger partial charge in [-0.25, -0.2) is 0 Å². The van der Waals surface area contributed by atoms with Crippen molar-refractivity contribution in [2.24, 2.45) is 0 Å². The van der Waals surface area contributed by atoms with E-state index < -0.39 is 0 Å². The summed E-state index contributed by atoms with van der Waals surface area (Å²) in [5.41, 5.74) is 4.16. The highest BCUT2D eigenvalue weighted by Crippen LogP contribution is 2.31. The van der Waals surface area contributed by atoms with Crippen LogP contribution in [-0.2, 0) is 24.1 Å². The van der Waals surface area contributed by atoms with E-state index in [1.165, 1.54) is 5.56 Å². The third kappa shape index (κ3) is 4.71. The summed E-state index contributed by atoms with van der Waals surface area (Å²) < 4.78 is 11.6. The Hall–Kier alpha value is -3.53. The predicted octanol–water partition coefficient (Wildman–Crippen LogP) is 4.93. The van der Waals surface area contributed by atoms with Gasteiger partial charge in [-0.15, -0.1) is 0 Å². The summed E-state index contributed by atoms with van der Waals surface area (Å²) in [6, 6.07) is 25.9. The number of ether oxygens (including phenoxy) is 1. The minimum absolute atomic E-state index is 0.0243. The number of carbonyl (C=O) groups excluding carboxylic acids is 1. The Morgan fingerprint density at radius 2 is 1.63 bits per heavy atom. The van der Waals surface area contributed by atoms with Crippen LogP contribution in [-0.4, -0.2) is 19.6 Å². The van der Waals surface area contributed by atoms with Crippen LogP contribution < -0.4 is 10.1 Å². The van der Waals surface area contributed by atoms with Gasteiger partial charge in [-0.05, 0) is 35.7 Å². The second-order valence-electron chi connectivity index (χ2n) is 7.29. The fourth-order valence-corrected chi connectivity index (χ4v) is 3.67. The lowest BCUT2D eigenvalue weighted by atomic mass is 10.0.